The van der Waals surface area contributed by atoms with Gasteiger partial charge in [-0.25, -0.2) is 0 Å². The van der Waals surface area contributed by atoms with E-state index in [-0.39, 0.29) is 0 Å². The number of nitrogens with one attached hydrogen (secondary N) is 1. The quantitative estimate of drug-likeness (QED) is 0.694. The van der Waals surface area contributed by atoms with Gasteiger partial charge in [0.2, 0.25) is 0 Å². The lowest BCUT2D eigenvalue weighted by Crippen LogP contribution is -2.46. The Labute approximate surface area is 92.9 Å². The average Bonchev–Trinajstić information content (AvgIpc) is 2.29. The van der Waals surface area contributed by atoms with Gasteiger partial charge in [0.1, 0.15) is 0 Å². The maximum absolute atomic E-state index is 5.36. The predicted octanol–water partition coefficient (Wildman–Crippen LogP) is 0.332. The lowest BCUT2D eigenvalue weighted by molar-refractivity contribution is 0.0363. The molecule has 0 amide bonds. The molecule has 0 aromatic heterocycles. The fraction of sp³-hybridized carbons (Fsp3) is 1.00. The number of nitrogens with zero attached hydrogens (tertiary/aromatic N) is 1. The van der Waals surface area contributed by atoms with E-state index >= 15 is 0 Å². The normalized spacial score (nSPS) is 20.8. The molecule has 0 aliphatic carbocycles. The van der Waals surface area contributed by atoms with E-state index in [2.05, 4.69) is 17.3 Å². The summed E-state index contributed by atoms with van der Waals surface area (Å²) in [5.41, 5.74) is 0. The van der Waals surface area contributed by atoms with Gasteiger partial charge in [0.05, 0.1) is 6.61 Å². The van der Waals surface area contributed by atoms with Crippen LogP contribution in [0.5, 0.6) is 0 Å². The first-order valence-electron chi connectivity index (χ1n) is 5.72. The highest BCUT2D eigenvalue weighted by molar-refractivity contribution is 4.76. The van der Waals surface area contributed by atoms with E-state index < -0.39 is 0 Å². The second-order valence-corrected chi connectivity index (χ2v) is 4.22. The van der Waals surface area contributed by atoms with Crippen LogP contribution in [0, 0.1) is 0 Å². The predicted molar refractivity (Wildman–Crippen MR) is 61.2 cm³/mol. The molecular weight excluding hydrogens is 192 g/mol. The third-order valence-electron chi connectivity index (χ3n) is 3.10. The van der Waals surface area contributed by atoms with Crippen LogP contribution in [0.3, 0.4) is 0 Å². The van der Waals surface area contributed by atoms with Gasteiger partial charge in [-0.3, -0.25) is 0 Å². The second kappa shape index (κ2) is 7.17. The molecule has 4 heteroatoms. The minimum atomic E-state index is 0.419. The number of rotatable bonds is 6. The van der Waals surface area contributed by atoms with Gasteiger partial charge in [-0.05, 0) is 26.9 Å². The Morgan fingerprint density at radius 3 is 2.67 bits per heavy atom. The average molecular weight is 216 g/mol. The van der Waals surface area contributed by atoms with Gasteiger partial charge in [-0.2, -0.15) is 0 Å². The molecule has 0 saturated carbocycles. The van der Waals surface area contributed by atoms with Crippen LogP contribution in [-0.4, -0.2) is 64.6 Å². The van der Waals surface area contributed by atoms with Crippen LogP contribution in [-0.2, 0) is 9.47 Å². The molecule has 1 unspecified atom stereocenters. The molecule has 0 aromatic rings. The summed E-state index contributed by atoms with van der Waals surface area (Å²) in [4.78, 5) is 2.42. The molecule has 1 aliphatic heterocycles. The zero-order valence-electron chi connectivity index (χ0n) is 10.2. The van der Waals surface area contributed by atoms with Crippen LogP contribution in [0.1, 0.15) is 12.8 Å². The van der Waals surface area contributed by atoms with Gasteiger partial charge in [0, 0.05) is 39.0 Å². The topological polar surface area (TPSA) is 33.7 Å². The Morgan fingerprint density at radius 2 is 2.13 bits per heavy atom. The Morgan fingerprint density at radius 1 is 1.47 bits per heavy atom. The molecule has 90 valence electrons. The molecule has 1 saturated heterocycles. The van der Waals surface area contributed by atoms with Crippen molar-refractivity contribution in [3.8, 4) is 0 Å². The van der Waals surface area contributed by atoms with Crippen molar-refractivity contribution in [1.82, 2.24) is 10.2 Å². The van der Waals surface area contributed by atoms with Gasteiger partial charge >= 0.3 is 0 Å². The minimum absolute atomic E-state index is 0.419. The van der Waals surface area contributed by atoms with Gasteiger partial charge < -0.3 is 19.7 Å². The third kappa shape index (κ3) is 4.47. The monoisotopic (exact) mass is 216 g/mol. The number of ether oxygens (including phenoxy) is 2. The molecule has 1 atom stereocenters. The van der Waals surface area contributed by atoms with Crippen molar-refractivity contribution in [2.45, 2.75) is 24.9 Å². The van der Waals surface area contributed by atoms with E-state index in [0.717, 1.165) is 39.2 Å². The first-order valence-corrected chi connectivity index (χ1v) is 5.72. The van der Waals surface area contributed by atoms with Gasteiger partial charge in [0.25, 0.3) is 0 Å². The molecule has 0 spiro atoms. The molecule has 1 rings (SSSR count). The Balaban J connectivity index is 2.28. The molecule has 0 aromatic carbocycles. The molecule has 15 heavy (non-hydrogen) atoms. The Bertz CT molecular complexity index is 161. The number of methoxy groups -OCH3 is 1. The standard InChI is InChI=1S/C11H24N2O2/c1-12-10(9-14-3)8-13(2)11-4-6-15-7-5-11/h10-12H,4-9H2,1-3H3. The van der Waals surface area contributed by atoms with Crippen molar-refractivity contribution in [3.63, 3.8) is 0 Å². The summed E-state index contributed by atoms with van der Waals surface area (Å²) in [7, 11) is 5.93. The summed E-state index contributed by atoms with van der Waals surface area (Å²) in [5.74, 6) is 0. The van der Waals surface area contributed by atoms with Crippen molar-refractivity contribution in [2.75, 3.05) is 47.6 Å². The number of likely N-dealkylation sites (N-methyl/N-ethyl adjacent to an activating group) is 2. The number of hydrogen-bond acceptors (Lipinski definition) is 4. The molecule has 1 fully saturated rings. The molecule has 1 aliphatic rings. The van der Waals surface area contributed by atoms with E-state index in [9.17, 15) is 0 Å². The molecule has 1 N–H and O–H groups in total. The van der Waals surface area contributed by atoms with Crippen LogP contribution in [0.2, 0.25) is 0 Å². The minimum Gasteiger partial charge on any atom is -0.383 e. The summed E-state index contributed by atoms with van der Waals surface area (Å²) in [6.07, 6.45) is 2.31. The fourth-order valence-corrected chi connectivity index (χ4v) is 2.05. The van der Waals surface area contributed by atoms with Crippen molar-refractivity contribution in [2.24, 2.45) is 0 Å². The van der Waals surface area contributed by atoms with Crippen LogP contribution in [0.25, 0.3) is 0 Å². The zero-order valence-corrected chi connectivity index (χ0v) is 10.2. The molecule has 0 bridgehead atoms. The summed E-state index contributed by atoms with van der Waals surface area (Å²) < 4.78 is 10.5. The maximum atomic E-state index is 5.36. The van der Waals surface area contributed by atoms with E-state index in [1.807, 2.05) is 7.05 Å². The van der Waals surface area contributed by atoms with Crippen LogP contribution >= 0.6 is 0 Å². The van der Waals surface area contributed by atoms with E-state index in [4.69, 9.17) is 9.47 Å². The van der Waals surface area contributed by atoms with Gasteiger partial charge in [-0.15, -0.1) is 0 Å². The first-order chi connectivity index (χ1) is 7.27. The lowest BCUT2D eigenvalue weighted by Gasteiger charge is -2.33. The summed E-state index contributed by atoms with van der Waals surface area (Å²) >= 11 is 0. The zero-order chi connectivity index (χ0) is 11.1. The van der Waals surface area contributed by atoms with E-state index in [1.54, 1.807) is 7.11 Å². The van der Waals surface area contributed by atoms with Gasteiger partial charge in [-0.1, -0.05) is 0 Å². The van der Waals surface area contributed by atoms with Gasteiger partial charge in [0.15, 0.2) is 0 Å². The second-order valence-electron chi connectivity index (χ2n) is 4.22. The van der Waals surface area contributed by atoms with Crippen molar-refractivity contribution in [1.29, 1.82) is 0 Å². The number of hydrogen-bond donors (Lipinski definition) is 1. The van der Waals surface area contributed by atoms with E-state index in [0.29, 0.717) is 12.1 Å². The lowest BCUT2D eigenvalue weighted by atomic mass is 10.1. The summed E-state index contributed by atoms with van der Waals surface area (Å²) in [5, 5.41) is 3.28. The van der Waals surface area contributed by atoms with E-state index in [1.165, 1.54) is 0 Å². The molecular formula is C11H24N2O2. The first kappa shape index (κ1) is 12.9. The Hall–Kier alpha value is -0.160. The van der Waals surface area contributed by atoms with Crippen molar-refractivity contribution >= 4 is 0 Å². The molecule has 1 heterocycles. The van der Waals surface area contributed by atoms with Crippen molar-refractivity contribution < 1.29 is 9.47 Å². The largest absolute Gasteiger partial charge is 0.383 e. The smallest absolute Gasteiger partial charge is 0.0628 e. The van der Waals surface area contributed by atoms with Crippen LogP contribution in [0.15, 0.2) is 0 Å². The SMILES string of the molecule is CNC(COC)CN(C)C1CCOCC1. The molecule has 4 nitrogen and oxygen atoms in total. The highest BCUT2D eigenvalue weighted by Gasteiger charge is 2.20. The fourth-order valence-electron chi connectivity index (χ4n) is 2.05. The molecule has 0 radical (unpaired) electrons. The summed E-state index contributed by atoms with van der Waals surface area (Å²) in [6.45, 7) is 3.62. The highest BCUT2D eigenvalue weighted by atomic mass is 16.5. The van der Waals surface area contributed by atoms with Crippen LogP contribution < -0.4 is 5.32 Å². The third-order valence-corrected chi connectivity index (χ3v) is 3.10. The summed E-state index contributed by atoms with van der Waals surface area (Å²) in [6, 6.07) is 1.09. The van der Waals surface area contributed by atoms with Crippen molar-refractivity contribution in [3.05, 3.63) is 0 Å². The maximum Gasteiger partial charge on any atom is 0.0628 e. The van der Waals surface area contributed by atoms with Crippen LogP contribution in [0.4, 0.5) is 0 Å². The highest BCUT2D eigenvalue weighted by Crippen LogP contribution is 2.12. The Kier molecular flexibility index (Phi) is 6.17.